The maximum atomic E-state index is 11.0. The van der Waals surface area contributed by atoms with E-state index in [1.54, 1.807) is 19.1 Å². The molecule has 1 fully saturated rings. The highest BCUT2D eigenvalue weighted by molar-refractivity contribution is 5.56. The van der Waals surface area contributed by atoms with E-state index in [9.17, 15) is 10.1 Å². The molecule has 5 heteroatoms. The van der Waals surface area contributed by atoms with Crippen molar-refractivity contribution in [1.29, 1.82) is 0 Å². The molecule has 110 valence electrons. The number of nitrogens with zero attached hydrogens (tertiary/aromatic N) is 1. The maximum Gasteiger partial charge on any atom is 0.274 e. The third kappa shape index (κ3) is 2.77. The Morgan fingerprint density at radius 2 is 2.25 bits per heavy atom. The van der Waals surface area contributed by atoms with Gasteiger partial charge in [0.25, 0.3) is 5.69 Å². The Morgan fingerprint density at radius 3 is 2.85 bits per heavy atom. The Morgan fingerprint density at radius 1 is 1.50 bits per heavy atom. The van der Waals surface area contributed by atoms with Crippen LogP contribution in [-0.2, 0) is 0 Å². The van der Waals surface area contributed by atoms with E-state index in [0.29, 0.717) is 18.0 Å². The highest BCUT2D eigenvalue weighted by Crippen LogP contribution is 2.36. The number of nitrogens with one attached hydrogen (secondary N) is 1. The Labute approximate surface area is 119 Å². The van der Waals surface area contributed by atoms with Gasteiger partial charge in [0.05, 0.1) is 10.5 Å². The van der Waals surface area contributed by atoms with Crippen molar-refractivity contribution in [3.63, 3.8) is 0 Å². The molecule has 0 saturated heterocycles. The highest BCUT2D eigenvalue weighted by Gasteiger charge is 2.37. The van der Waals surface area contributed by atoms with Crippen LogP contribution in [0.15, 0.2) is 18.2 Å². The van der Waals surface area contributed by atoms with Crippen molar-refractivity contribution in [2.45, 2.75) is 45.1 Å². The predicted molar refractivity (Wildman–Crippen MR) is 80.9 cm³/mol. The average Bonchev–Trinajstić information content (AvgIpc) is 2.43. The number of anilines is 1. The second kappa shape index (κ2) is 5.79. The number of aryl methyl sites for hydroxylation is 1. The van der Waals surface area contributed by atoms with E-state index in [0.717, 1.165) is 24.9 Å². The van der Waals surface area contributed by atoms with Gasteiger partial charge in [0.1, 0.15) is 0 Å². The summed E-state index contributed by atoms with van der Waals surface area (Å²) in [6.45, 7) is 4.52. The van der Waals surface area contributed by atoms with Gasteiger partial charge in [0.2, 0.25) is 0 Å². The first-order valence-corrected chi connectivity index (χ1v) is 7.22. The molecule has 0 heterocycles. The first-order valence-electron chi connectivity index (χ1n) is 7.22. The number of benzene rings is 1. The van der Waals surface area contributed by atoms with Crippen LogP contribution in [0.3, 0.4) is 0 Å². The number of hydrogen-bond donors (Lipinski definition) is 2. The number of nitro groups is 1. The summed E-state index contributed by atoms with van der Waals surface area (Å²) in [5.74, 6) is 0.474. The molecule has 20 heavy (non-hydrogen) atoms. The van der Waals surface area contributed by atoms with E-state index in [4.69, 9.17) is 5.73 Å². The van der Waals surface area contributed by atoms with Crippen LogP contribution in [-0.4, -0.2) is 17.0 Å². The van der Waals surface area contributed by atoms with Crippen molar-refractivity contribution in [1.82, 2.24) is 0 Å². The van der Waals surface area contributed by atoms with Gasteiger partial charge in [-0.1, -0.05) is 25.8 Å². The van der Waals surface area contributed by atoms with E-state index in [2.05, 4.69) is 12.2 Å². The topological polar surface area (TPSA) is 81.2 Å². The number of hydrogen-bond acceptors (Lipinski definition) is 4. The molecule has 0 bridgehead atoms. The lowest BCUT2D eigenvalue weighted by Crippen LogP contribution is -2.52. The van der Waals surface area contributed by atoms with E-state index >= 15 is 0 Å². The Hall–Kier alpha value is -1.62. The second-order valence-corrected chi connectivity index (χ2v) is 5.89. The molecule has 1 aromatic rings. The van der Waals surface area contributed by atoms with Gasteiger partial charge < -0.3 is 11.1 Å². The van der Waals surface area contributed by atoms with Crippen molar-refractivity contribution >= 4 is 11.4 Å². The van der Waals surface area contributed by atoms with E-state index in [1.165, 1.54) is 6.42 Å². The maximum absolute atomic E-state index is 11.0. The molecule has 0 radical (unpaired) electrons. The SMILES string of the molecule is Cc1ccc(NC2(CN)CCCCC2C)cc1[N+](=O)[O-]. The summed E-state index contributed by atoms with van der Waals surface area (Å²) in [5, 5.41) is 14.5. The molecule has 1 aromatic carbocycles. The molecule has 2 unspecified atom stereocenters. The lowest BCUT2D eigenvalue weighted by molar-refractivity contribution is -0.385. The lowest BCUT2D eigenvalue weighted by atomic mass is 9.73. The van der Waals surface area contributed by atoms with Crippen LogP contribution in [0, 0.1) is 23.0 Å². The highest BCUT2D eigenvalue weighted by atomic mass is 16.6. The van der Waals surface area contributed by atoms with Gasteiger partial charge in [0.15, 0.2) is 0 Å². The number of nitrogens with two attached hydrogens (primary N) is 1. The fraction of sp³-hybridized carbons (Fsp3) is 0.600. The fourth-order valence-electron chi connectivity index (χ4n) is 3.12. The number of nitro benzene ring substituents is 1. The molecule has 5 nitrogen and oxygen atoms in total. The van der Waals surface area contributed by atoms with Gasteiger partial charge in [-0.3, -0.25) is 10.1 Å². The summed E-state index contributed by atoms with van der Waals surface area (Å²) in [5.41, 5.74) is 7.50. The van der Waals surface area contributed by atoms with Crippen molar-refractivity contribution in [2.24, 2.45) is 11.7 Å². The zero-order valence-corrected chi connectivity index (χ0v) is 12.2. The molecule has 2 rings (SSSR count). The van der Waals surface area contributed by atoms with Gasteiger partial charge >= 0.3 is 0 Å². The standard InChI is InChI=1S/C15H23N3O2/c1-11-6-7-13(9-14(11)18(19)20)17-15(10-16)8-4-3-5-12(15)2/h6-7,9,12,17H,3-5,8,10,16H2,1-2H3. The molecular formula is C15H23N3O2. The normalized spacial score (nSPS) is 26.2. The first-order chi connectivity index (χ1) is 9.48. The summed E-state index contributed by atoms with van der Waals surface area (Å²) < 4.78 is 0. The van der Waals surface area contributed by atoms with Gasteiger partial charge in [-0.05, 0) is 31.7 Å². The summed E-state index contributed by atoms with van der Waals surface area (Å²) in [6.07, 6.45) is 4.56. The Balaban J connectivity index is 2.28. The van der Waals surface area contributed by atoms with Crippen LogP contribution in [0.5, 0.6) is 0 Å². The third-order valence-electron chi connectivity index (χ3n) is 4.62. The van der Waals surface area contributed by atoms with E-state index in [-0.39, 0.29) is 16.1 Å². The van der Waals surface area contributed by atoms with Crippen molar-refractivity contribution in [2.75, 3.05) is 11.9 Å². The van der Waals surface area contributed by atoms with Crippen LogP contribution in [0.4, 0.5) is 11.4 Å². The molecule has 1 saturated carbocycles. The molecular weight excluding hydrogens is 254 g/mol. The monoisotopic (exact) mass is 277 g/mol. The van der Waals surface area contributed by atoms with Gasteiger partial charge in [-0.15, -0.1) is 0 Å². The average molecular weight is 277 g/mol. The van der Waals surface area contributed by atoms with Crippen LogP contribution < -0.4 is 11.1 Å². The third-order valence-corrected chi connectivity index (χ3v) is 4.62. The molecule has 0 aromatic heterocycles. The second-order valence-electron chi connectivity index (χ2n) is 5.89. The zero-order valence-electron chi connectivity index (χ0n) is 12.2. The Bertz CT molecular complexity index is 504. The predicted octanol–water partition coefficient (Wildman–Crippen LogP) is 3.22. The van der Waals surface area contributed by atoms with Crippen molar-refractivity contribution < 1.29 is 4.92 Å². The lowest BCUT2D eigenvalue weighted by Gasteiger charge is -2.43. The van der Waals surface area contributed by atoms with Crippen LogP contribution >= 0.6 is 0 Å². The quantitative estimate of drug-likeness (QED) is 0.654. The van der Waals surface area contributed by atoms with E-state index < -0.39 is 0 Å². The van der Waals surface area contributed by atoms with Gasteiger partial charge in [0, 0.05) is 23.9 Å². The summed E-state index contributed by atoms with van der Waals surface area (Å²) in [4.78, 5) is 10.7. The first kappa shape index (κ1) is 14.8. The van der Waals surface area contributed by atoms with Crippen molar-refractivity contribution in [3.05, 3.63) is 33.9 Å². The van der Waals surface area contributed by atoms with Crippen LogP contribution in [0.1, 0.15) is 38.2 Å². The molecule has 3 N–H and O–H groups in total. The van der Waals surface area contributed by atoms with E-state index in [1.807, 2.05) is 6.07 Å². The molecule has 0 amide bonds. The van der Waals surface area contributed by atoms with Crippen LogP contribution in [0.25, 0.3) is 0 Å². The van der Waals surface area contributed by atoms with Gasteiger partial charge in [-0.25, -0.2) is 0 Å². The van der Waals surface area contributed by atoms with Crippen LogP contribution in [0.2, 0.25) is 0 Å². The Kier molecular flexibility index (Phi) is 4.28. The number of rotatable bonds is 4. The zero-order chi connectivity index (χ0) is 14.8. The minimum atomic E-state index is -0.333. The molecule has 0 spiro atoms. The molecule has 1 aliphatic rings. The summed E-state index contributed by atoms with van der Waals surface area (Å²) in [7, 11) is 0. The summed E-state index contributed by atoms with van der Waals surface area (Å²) >= 11 is 0. The molecule has 0 aliphatic heterocycles. The minimum Gasteiger partial charge on any atom is -0.378 e. The van der Waals surface area contributed by atoms with Crippen molar-refractivity contribution in [3.8, 4) is 0 Å². The minimum absolute atomic E-state index is 0.138. The smallest absolute Gasteiger partial charge is 0.274 e. The molecule has 2 atom stereocenters. The largest absolute Gasteiger partial charge is 0.378 e. The fourth-order valence-corrected chi connectivity index (χ4v) is 3.12. The molecule has 1 aliphatic carbocycles. The van der Waals surface area contributed by atoms with Gasteiger partial charge in [-0.2, -0.15) is 0 Å². The summed E-state index contributed by atoms with van der Waals surface area (Å²) in [6, 6.07) is 5.31.